The summed E-state index contributed by atoms with van der Waals surface area (Å²) in [6, 6.07) is 1.50. The van der Waals surface area contributed by atoms with Crippen LogP contribution in [0.1, 0.15) is 30.8 Å². The Kier molecular flexibility index (Phi) is 6.88. The summed E-state index contributed by atoms with van der Waals surface area (Å²) in [4.78, 5) is 20.2. The molecule has 1 aromatic rings. The Morgan fingerprint density at radius 3 is 2.59 bits per heavy atom. The Morgan fingerprint density at radius 1 is 1.15 bits per heavy atom. The fraction of sp³-hybridized carbons (Fsp3) is 0.722. The average molecular weight is 415 g/mol. The number of hydrogen-bond donors (Lipinski definition) is 1. The molecule has 0 radical (unpaired) electrons. The zero-order valence-corrected chi connectivity index (χ0v) is 17.8. The minimum atomic E-state index is -3.53. The first-order valence-corrected chi connectivity index (χ1v) is 12.3. The van der Waals surface area contributed by atoms with E-state index in [1.807, 2.05) is 4.90 Å². The van der Waals surface area contributed by atoms with Crippen molar-refractivity contribution >= 4 is 27.7 Å². The summed E-state index contributed by atoms with van der Waals surface area (Å²) in [5.41, 5.74) is 0.359. The molecule has 0 unspecified atom stereocenters. The molecule has 0 spiro atoms. The third kappa shape index (κ3) is 5.07. The van der Waals surface area contributed by atoms with Crippen LogP contribution in [0.2, 0.25) is 0 Å². The summed E-state index contributed by atoms with van der Waals surface area (Å²) in [6.45, 7) is 9.75. The number of aromatic amines is 1. The molecular formula is C18H30N4O3S2. The third-order valence-corrected chi connectivity index (χ3v) is 7.81. The number of carbonyl (C=O) groups is 1. The lowest BCUT2D eigenvalue weighted by Gasteiger charge is -2.25. The fourth-order valence-electron chi connectivity index (χ4n) is 3.63. The van der Waals surface area contributed by atoms with Crippen LogP contribution in [0.4, 0.5) is 0 Å². The van der Waals surface area contributed by atoms with E-state index in [0.29, 0.717) is 37.8 Å². The highest BCUT2D eigenvalue weighted by atomic mass is 32.2. The van der Waals surface area contributed by atoms with Crippen LogP contribution in [0.5, 0.6) is 0 Å². The Labute approximate surface area is 166 Å². The molecule has 0 atom stereocenters. The molecule has 7 nitrogen and oxygen atoms in total. The second kappa shape index (κ2) is 8.98. The van der Waals surface area contributed by atoms with Crippen molar-refractivity contribution in [1.29, 1.82) is 0 Å². The smallest absolute Gasteiger partial charge is 0.270 e. The number of hydrogen-bond acceptors (Lipinski definition) is 5. The van der Waals surface area contributed by atoms with Crippen molar-refractivity contribution in [2.75, 3.05) is 57.3 Å². The molecule has 2 fully saturated rings. The number of thioether (sulfide) groups is 1. The number of H-pyrrole nitrogens is 1. The Morgan fingerprint density at radius 2 is 1.89 bits per heavy atom. The van der Waals surface area contributed by atoms with Crippen LogP contribution in [-0.2, 0) is 10.0 Å². The van der Waals surface area contributed by atoms with Gasteiger partial charge in [0.1, 0.15) is 10.6 Å². The first-order valence-electron chi connectivity index (χ1n) is 9.66. The van der Waals surface area contributed by atoms with E-state index in [-0.39, 0.29) is 10.8 Å². The van der Waals surface area contributed by atoms with Crippen LogP contribution in [0.15, 0.2) is 17.2 Å². The van der Waals surface area contributed by atoms with Crippen molar-refractivity contribution < 1.29 is 13.2 Å². The molecule has 0 saturated carbocycles. The molecular weight excluding hydrogens is 384 g/mol. The van der Waals surface area contributed by atoms with Gasteiger partial charge in [-0.1, -0.05) is 13.8 Å². The van der Waals surface area contributed by atoms with Crippen LogP contribution < -0.4 is 0 Å². The van der Waals surface area contributed by atoms with E-state index in [1.165, 1.54) is 16.6 Å². The number of carbonyl (C=O) groups excluding carboxylic acids is 1. The summed E-state index contributed by atoms with van der Waals surface area (Å²) in [6.07, 6.45) is 2.39. The first-order chi connectivity index (χ1) is 12.9. The van der Waals surface area contributed by atoms with Crippen molar-refractivity contribution in [1.82, 2.24) is 19.1 Å². The van der Waals surface area contributed by atoms with Crippen molar-refractivity contribution in [2.45, 2.75) is 25.2 Å². The van der Waals surface area contributed by atoms with Gasteiger partial charge in [0.2, 0.25) is 10.0 Å². The quantitative estimate of drug-likeness (QED) is 0.791. The first kappa shape index (κ1) is 20.7. The average Bonchev–Trinajstić information content (AvgIpc) is 3.04. The van der Waals surface area contributed by atoms with Gasteiger partial charge < -0.3 is 14.8 Å². The Hall–Kier alpha value is -1.03. The van der Waals surface area contributed by atoms with E-state index in [9.17, 15) is 13.2 Å². The summed E-state index contributed by atoms with van der Waals surface area (Å²) in [7, 11) is -3.53. The molecule has 27 heavy (non-hydrogen) atoms. The van der Waals surface area contributed by atoms with Gasteiger partial charge in [0, 0.05) is 57.0 Å². The van der Waals surface area contributed by atoms with Gasteiger partial charge in [0.25, 0.3) is 5.91 Å². The van der Waals surface area contributed by atoms with Crippen LogP contribution in [-0.4, -0.2) is 90.7 Å². The molecule has 2 aliphatic rings. The van der Waals surface area contributed by atoms with E-state index in [0.717, 1.165) is 37.6 Å². The Bertz CT molecular complexity index is 742. The lowest BCUT2D eigenvalue weighted by atomic mass is 10.2. The number of nitrogens with zero attached hydrogens (tertiary/aromatic N) is 3. The lowest BCUT2D eigenvalue weighted by molar-refractivity contribution is 0.0755. The predicted octanol–water partition coefficient (Wildman–Crippen LogP) is 1.56. The van der Waals surface area contributed by atoms with Gasteiger partial charge in [0.05, 0.1) is 0 Å². The van der Waals surface area contributed by atoms with E-state index in [2.05, 4.69) is 23.7 Å². The molecule has 1 aromatic heterocycles. The lowest BCUT2D eigenvalue weighted by Crippen LogP contribution is -2.37. The minimum Gasteiger partial charge on any atom is -0.356 e. The summed E-state index contributed by atoms with van der Waals surface area (Å²) in [5.74, 6) is 2.13. The molecule has 9 heteroatoms. The van der Waals surface area contributed by atoms with Crippen molar-refractivity contribution in [3.63, 3.8) is 0 Å². The van der Waals surface area contributed by atoms with Crippen LogP contribution in [0.25, 0.3) is 0 Å². The molecule has 0 aliphatic carbocycles. The molecule has 1 amide bonds. The number of amides is 1. The number of nitrogens with one attached hydrogen (secondary N) is 1. The van der Waals surface area contributed by atoms with Crippen molar-refractivity contribution in [2.24, 2.45) is 5.92 Å². The number of aromatic nitrogens is 1. The van der Waals surface area contributed by atoms with E-state index < -0.39 is 10.0 Å². The number of sulfonamides is 1. The van der Waals surface area contributed by atoms with Gasteiger partial charge in [-0.2, -0.15) is 16.1 Å². The highest BCUT2D eigenvalue weighted by Gasteiger charge is 2.29. The topological polar surface area (TPSA) is 76.7 Å². The van der Waals surface area contributed by atoms with E-state index in [1.54, 1.807) is 11.8 Å². The van der Waals surface area contributed by atoms with Gasteiger partial charge >= 0.3 is 0 Å². The molecule has 0 bridgehead atoms. The maximum Gasteiger partial charge on any atom is 0.270 e. The van der Waals surface area contributed by atoms with Gasteiger partial charge in [-0.15, -0.1) is 0 Å². The van der Waals surface area contributed by atoms with Crippen LogP contribution >= 0.6 is 11.8 Å². The Balaban J connectivity index is 1.66. The standard InChI is InChI=1S/C18H30N4O3S2/c1-15(2)14-20-4-3-5-21(7-6-20)18(23)17-12-16(13-19-17)27(24,25)22-8-10-26-11-9-22/h12-13,15,19H,3-11,14H2,1-2H3. The second-order valence-corrected chi connectivity index (χ2v) is 10.8. The van der Waals surface area contributed by atoms with Crippen LogP contribution in [0.3, 0.4) is 0 Å². The molecule has 3 rings (SSSR count). The van der Waals surface area contributed by atoms with Gasteiger partial charge in [0.15, 0.2) is 0 Å². The summed E-state index contributed by atoms with van der Waals surface area (Å²) < 4.78 is 27.0. The minimum absolute atomic E-state index is 0.114. The van der Waals surface area contributed by atoms with Gasteiger partial charge in [-0.05, 0) is 24.9 Å². The zero-order chi connectivity index (χ0) is 19.4. The fourth-order valence-corrected chi connectivity index (χ4v) is 6.20. The summed E-state index contributed by atoms with van der Waals surface area (Å²) >= 11 is 1.77. The van der Waals surface area contributed by atoms with Gasteiger partial charge in [-0.25, -0.2) is 8.42 Å². The second-order valence-electron chi connectivity index (χ2n) is 7.61. The zero-order valence-electron chi connectivity index (χ0n) is 16.2. The monoisotopic (exact) mass is 414 g/mol. The molecule has 2 aliphatic heterocycles. The SMILES string of the molecule is CC(C)CN1CCCN(C(=O)c2cc(S(=O)(=O)N3CCSCC3)c[nH]2)CC1. The van der Waals surface area contributed by atoms with Crippen molar-refractivity contribution in [3.8, 4) is 0 Å². The predicted molar refractivity (Wildman–Crippen MR) is 109 cm³/mol. The van der Waals surface area contributed by atoms with E-state index in [4.69, 9.17) is 0 Å². The molecule has 152 valence electrons. The highest BCUT2D eigenvalue weighted by molar-refractivity contribution is 7.99. The normalized spacial score (nSPS) is 20.8. The van der Waals surface area contributed by atoms with Gasteiger partial charge in [-0.3, -0.25) is 4.79 Å². The van der Waals surface area contributed by atoms with E-state index >= 15 is 0 Å². The van der Waals surface area contributed by atoms with Crippen molar-refractivity contribution in [3.05, 3.63) is 18.0 Å². The number of rotatable bonds is 5. The highest BCUT2D eigenvalue weighted by Crippen LogP contribution is 2.21. The largest absolute Gasteiger partial charge is 0.356 e. The third-order valence-electron chi connectivity index (χ3n) is 4.99. The maximum absolute atomic E-state index is 12.9. The summed E-state index contributed by atoms with van der Waals surface area (Å²) in [5, 5.41) is 0. The molecule has 3 heterocycles. The maximum atomic E-state index is 12.9. The van der Waals surface area contributed by atoms with Crippen LogP contribution in [0, 0.1) is 5.92 Å². The molecule has 0 aromatic carbocycles. The molecule has 1 N–H and O–H groups in total. The molecule has 2 saturated heterocycles.